The highest BCUT2D eigenvalue weighted by molar-refractivity contribution is 7.91. The zero-order valence-corrected chi connectivity index (χ0v) is 17.1. The van der Waals surface area contributed by atoms with E-state index >= 15 is 0 Å². The van der Waals surface area contributed by atoms with Crippen LogP contribution in [-0.2, 0) is 9.84 Å². The first-order chi connectivity index (χ1) is 13.0. The molecular formula is C20H26N2O3S2. The van der Waals surface area contributed by atoms with Crippen LogP contribution in [0.4, 0.5) is 4.79 Å². The van der Waals surface area contributed by atoms with E-state index in [9.17, 15) is 13.2 Å². The Labute approximate surface area is 165 Å². The molecule has 0 spiro atoms. The van der Waals surface area contributed by atoms with Crippen LogP contribution >= 0.6 is 11.3 Å². The Morgan fingerprint density at radius 3 is 2.48 bits per heavy atom. The molecule has 1 aliphatic carbocycles. The molecular weight excluding hydrogens is 380 g/mol. The lowest BCUT2D eigenvalue weighted by molar-refractivity contribution is 0.232. The number of thiophene rings is 1. The second-order valence-electron chi connectivity index (χ2n) is 7.05. The average molecular weight is 407 g/mol. The topological polar surface area (TPSA) is 75.3 Å². The number of sulfone groups is 1. The van der Waals surface area contributed by atoms with Crippen molar-refractivity contribution in [2.24, 2.45) is 0 Å². The molecule has 1 atom stereocenters. The number of carbonyl (C=O) groups excluding carboxylic acids is 1. The Morgan fingerprint density at radius 2 is 1.85 bits per heavy atom. The van der Waals surface area contributed by atoms with Crippen LogP contribution in [0.1, 0.15) is 47.8 Å². The van der Waals surface area contributed by atoms with E-state index in [2.05, 4.69) is 10.6 Å². The predicted octanol–water partition coefficient (Wildman–Crippen LogP) is 4.20. The Hall–Kier alpha value is -1.86. The molecule has 5 nitrogen and oxygen atoms in total. The van der Waals surface area contributed by atoms with Crippen LogP contribution in [0, 0.1) is 6.92 Å². The van der Waals surface area contributed by atoms with E-state index in [1.807, 2.05) is 24.4 Å². The molecule has 0 unspecified atom stereocenters. The van der Waals surface area contributed by atoms with Crippen molar-refractivity contribution in [2.75, 3.05) is 6.54 Å². The van der Waals surface area contributed by atoms with Gasteiger partial charge in [0, 0.05) is 17.5 Å². The van der Waals surface area contributed by atoms with Crippen molar-refractivity contribution < 1.29 is 13.2 Å². The molecule has 2 aromatic rings. The molecule has 0 aliphatic heterocycles. The molecule has 1 saturated carbocycles. The lowest BCUT2D eigenvalue weighted by Crippen LogP contribution is -2.44. The highest BCUT2D eigenvalue weighted by Crippen LogP contribution is 2.31. The maximum Gasteiger partial charge on any atom is 0.315 e. The minimum Gasteiger partial charge on any atom is -0.336 e. The lowest BCUT2D eigenvalue weighted by atomic mass is 9.96. The number of amides is 2. The third-order valence-corrected chi connectivity index (χ3v) is 8.21. The maximum atomic E-state index is 13.2. The summed E-state index contributed by atoms with van der Waals surface area (Å²) in [5.74, 6) is 0. The van der Waals surface area contributed by atoms with Crippen LogP contribution < -0.4 is 10.6 Å². The van der Waals surface area contributed by atoms with Crippen molar-refractivity contribution in [3.8, 4) is 0 Å². The van der Waals surface area contributed by atoms with Gasteiger partial charge in [0.15, 0.2) is 9.84 Å². The molecule has 0 bridgehead atoms. The van der Waals surface area contributed by atoms with Crippen molar-refractivity contribution in [1.29, 1.82) is 0 Å². The average Bonchev–Trinajstić information content (AvgIpc) is 3.17. The first-order valence-electron chi connectivity index (χ1n) is 9.35. The zero-order chi connectivity index (χ0) is 19.3. The van der Waals surface area contributed by atoms with Crippen molar-refractivity contribution in [3.05, 3.63) is 52.2 Å². The summed E-state index contributed by atoms with van der Waals surface area (Å²) in [6.07, 6.45) is 5.46. The highest BCUT2D eigenvalue weighted by atomic mass is 32.2. The smallest absolute Gasteiger partial charge is 0.315 e. The molecule has 146 valence electrons. The number of urea groups is 1. The summed E-state index contributed by atoms with van der Waals surface area (Å²) in [5.41, 5.74) is 1.01. The van der Waals surface area contributed by atoms with Gasteiger partial charge in [-0.3, -0.25) is 0 Å². The van der Waals surface area contributed by atoms with Crippen LogP contribution in [0.3, 0.4) is 0 Å². The Bertz CT molecular complexity index is 840. The van der Waals surface area contributed by atoms with Gasteiger partial charge in [0.1, 0.15) is 5.25 Å². The molecule has 2 N–H and O–H groups in total. The number of nitrogens with one attached hydrogen (secondary N) is 2. The van der Waals surface area contributed by atoms with Gasteiger partial charge in [-0.15, -0.1) is 11.3 Å². The lowest BCUT2D eigenvalue weighted by Gasteiger charge is -2.24. The summed E-state index contributed by atoms with van der Waals surface area (Å²) in [7, 11) is -3.60. The molecule has 7 heteroatoms. The molecule has 1 aromatic heterocycles. The number of rotatable bonds is 6. The summed E-state index contributed by atoms with van der Waals surface area (Å²) < 4.78 is 26.4. The van der Waals surface area contributed by atoms with Crippen LogP contribution in [-0.4, -0.2) is 27.0 Å². The summed E-state index contributed by atoms with van der Waals surface area (Å²) in [4.78, 5) is 13.3. The van der Waals surface area contributed by atoms with Gasteiger partial charge >= 0.3 is 6.03 Å². The number of carbonyl (C=O) groups is 1. The normalized spacial score (nSPS) is 16.6. The van der Waals surface area contributed by atoms with Crippen molar-refractivity contribution in [2.45, 2.75) is 55.2 Å². The predicted molar refractivity (Wildman–Crippen MR) is 109 cm³/mol. The van der Waals surface area contributed by atoms with E-state index in [1.165, 1.54) is 17.8 Å². The third kappa shape index (κ3) is 5.11. The molecule has 0 saturated heterocycles. The third-order valence-electron chi connectivity index (χ3n) is 4.97. The van der Waals surface area contributed by atoms with E-state index in [0.29, 0.717) is 0 Å². The summed E-state index contributed by atoms with van der Waals surface area (Å²) in [5, 5.41) is 6.82. The fourth-order valence-corrected chi connectivity index (χ4v) is 6.18. The molecule has 1 heterocycles. The van der Waals surface area contributed by atoms with Crippen molar-refractivity contribution in [1.82, 2.24) is 10.6 Å². The number of benzene rings is 1. The summed E-state index contributed by atoms with van der Waals surface area (Å²) >= 11 is 1.39. The number of hydrogen-bond donors (Lipinski definition) is 2. The van der Waals surface area contributed by atoms with E-state index < -0.39 is 15.1 Å². The largest absolute Gasteiger partial charge is 0.336 e. The first kappa shape index (κ1) is 19.9. The standard InChI is InChI=1S/C20H26N2O3S2/c1-15-9-11-17(12-10-15)27(24,25)19(18-8-5-13-26-18)14-21-20(23)22-16-6-3-2-4-7-16/h5,8-13,16,19H,2-4,6-7,14H2,1H3,(H2,21,22,23)/t19-/m0/s1. The first-order valence-corrected chi connectivity index (χ1v) is 11.8. The molecule has 1 aromatic carbocycles. The van der Waals surface area contributed by atoms with Gasteiger partial charge in [0.05, 0.1) is 4.90 Å². The van der Waals surface area contributed by atoms with Gasteiger partial charge in [-0.2, -0.15) is 0 Å². The second kappa shape index (κ2) is 8.89. The fourth-order valence-electron chi connectivity index (χ4n) is 3.40. The summed E-state index contributed by atoms with van der Waals surface area (Å²) in [6, 6.07) is 10.4. The minimum absolute atomic E-state index is 0.0509. The van der Waals surface area contributed by atoms with Gasteiger partial charge in [-0.05, 0) is 43.3 Å². The maximum absolute atomic E-state index is 13.2. The van der Waals surface area contributed by atoms with Gasteiger partial charge in [-0.25, -0.2) is 13.2 Å². The van der Waals surface area contributed by atoms with Gasteiger partial charge in [0.25, 0.3) is 0 Å². The summed E-state index contributed by atoms with van der Waals surface area (Å²) in [6.45, 7) is 1.97. The molecule has 1 aliphatic rings. The van der Waals surface area contributed by atoms with Gasteiger partial charge < -0.3 is 10.6 Å². The van der Waals surface area contributed by atoms with Crippen LogP contribution in [0.2, 0.25) is 0 Å². The van der Waals surface area contributed by atoms with Crippen LogP contribution in [0.15, 0.2) is 46.7 Å². The van der Waals surface area contributed by atoms with Crippen LogP contribution in [0.25, 0.3) is 0 Å². The minimum atomic E-state index is -3.60. The Balaban J connectivity index is 1.72. The molecule has 0 radical (unpaired) electrons. The molecule has 27 heavy (non-hydrogen) atoms. The Morgan fingerprint density at radius 1 is 1.15 bits per heavy atom. The van der Waals surface area contributed by atoms with Crippen LogP contribution in [0.5, 0.6) is 0 Å². The van der Waals surface area contributed by atoms with E-state index in [1.54, 1.807) is 24.3 Å². The van der Waals surface area contributed by atoms with Crippen molar-refractivity contribution in [3.63, 3.8) is 0 Å². The van der Waals surface area contributed by atoms with E-state index in [0.717, 1.165) is 36.1 Å². The molecule has 1 fully saturated rings. The molecule has 2 amide bonds. The monoisotopic (exact) mass is 406 g/mol. The van der Waals surface area contributed by atoms with Crippen molar-refractivity contribution >= 4 is 27.2 Å². The SMILES string of the molecule is Cc1ccc(S(=O)(=O)[C@@H](CNC(=O)NC2CCCCC2)c2cccs2)cc1. The molecule has 3 rings (SSSR count). The second-order valence-corrected chi connectivity index (χ2v) is 10.2. The van der Waals surface area contributed by atoms with E-state index in [-0.39, 0.29) is 23.5 Å². The fraction of sp³-hybridized carbons (Fsp3) is 0.450. The number of aryl methyl sites for hydroxylation is 1. The number of hydrogen-bond acceptors (Lipinski definition) is 4. The van der Waals surface area contributed by atoms with Gasteiger partial charge in [0.2, 0.25) is 0 Å². The zero-order valence-electron chi connectivity index (χ0n) is 15.5. The Kier molecular flexibility index (Phi) is 6.55. The quantitative estimate of drug-likeness (QED) is 0.755. The highest BCUT2D eigenvalue weighted by Gasteiger charge is 2.30. The van der Waals surface area contributed by atoms with E-state index in [4.69, 9.17) is 0 Å². The van der Waals surface area contributed by atoms with Gasteiger partial charge in [-0.1, -0.05) is 43.0 Å².